The Morgan fingerprint density at radius 3 is 2.24 bits per heavy atom. The topological polar surface area (TPSA) is 35.6 Å². The summed E-state index contributed by atoms with van der Waals surface area (Å²) in [7, 11) is 2.17. The maximum Gasteiger partial charge on any atom is 0.251 e. The molecule has 3 aromatic rings. The van der Waals surface area contributed by atoms with Gasteiger partial charge in [-0.2, -0.15) is 0 Å². The van der Waals surface area contributed by atoms with E-state index in [1.54, 1.807) is 0 Å². The number of nitrogens with zero attached hydrogens (tertiary/aromatic N) is 2. The quantitative estimate of drug-likeness (QED) is 0.471. The summed E-state index contributed by atoms with van der Waals surface area (Å²) >= 11 is 5.92. The molecule has 4 nitrogen and oxygen atoms in total. The van der Waals surface area contributed by atoms with Gasteiger partial charge in [0, 0.05) is 54.6 Å². The van der Waals surface area contributed by atoms with Gasteiger partial charge in [-0.1, -0.05) is 72.8 Å². The molecule has 3 aromatic carbocycles. The summed E-state index contributed by atoms with van der Waals surface area (Å²) in [5.74, 6) is -0.175. The number of nitrogens with one attached hydrogen (secondary N) is 1. The summed E-state index contributed by atoms with van der Waals surface area (Å²) in [4.78, 5) is 17.4. The highest BCUT2D eigenvalue weighted by Gasteiger charge is 2.17. The third-order valence-corrected chi connectivity index (χ3v) is 6.18. The third-order valence-electron chi connectivity index (χ3n) is 5.93. The molecule has 1 saturated heterocycles. The Bertz CT molecular complexity index is 1090. The molecule has 33 heavy (non-hydrogen) atoms. The Morgan fingerprint density at radius 2 is 1.58 bits per heavy atom. The fourth-order valence-corrected chi connectivity index (χ4v) is 4.04. The maximum atomic E-state index is 12.6. The zero-order valence-electron chi connectivity index (χ0n) is 18.8. The van der Waals surface area contributed by atoms with Crippen molar-refractivity contribution in [3.8, 4) is 11.1 Å². The van der Waals surface area contributed by atoms with E-state index in [1.165, 1.54) is 11.3 Å². The number of para-hydroxylation sites is 1. The van der Waals surface area contributed by atoms with Crippen LogP contribution >= 0.6 is 24.0 Å². The van der Waals surface area contributed by atoms with E-state index < -0.39 is 0 Å². The first-order valence-electron chi connectivity index (χ1n) is 10.9. The van der Waals surface area contributed by atoms with Crippen molar-refractivity contribution in [3.63, 3.8) is 0 Å². The summed E-state index contributed by atoms with van der Waals surface area (Å²) in [5.41, 5.74) is 5.87. The predicted molar refractivity (Wildman–Crippen MR) is 141 cm³/mol. The first kappa shape index (κ1) is 24.8. The Morgan fingerprint density at radius 1 is 0.939 bits per heavy atom. The average molecular weight is 482 g/mol. The van der Waals surface area contributed by atoms with E-state index in [4.69, 9.17) is 11.6 Å². The summed E-state index contributed by atoms with van der Waals surface area (Å²) in [6.45, 7) is 8.63. The molecule has 0 atom stereocenters. The van der Waals surface area contributed by atoms with Crippen LogP contribution in [0.25, 0.3) is 16.7 Å². The normalized spacial score (nSPS) is 13.8. The molecule has 1 aliphatic rings. The van der Waals surface area contributed by atoms with Crippen LogP contribution in [0.1, 0.15) is 11.1 Å². The van der Waals surface area contributed by atoms with Crippen molar-refractivity contribution in [3.05, 3.63) is 95.5 Å². The number of rotatable bonds is 6. The summed E-state index contributed by atoms with van der Waals surface area (Å²) in [6, 6.07) is 24.0. The van der Waals surface area contributed by atoms with Gasteiger partial charge in [-0.3, -0.25) is 4.79 Å². The van der Waals surface area contributed by atoms with E-state index in [0.717, 1.165) is 42.9 Å². The lowest BCUT2D eigenvalue weighted by Gasteiger charge is -2.35. The summed E-state index contributed by atoms with van der Waals surface area (Å²) in [6.07, 6.45) is 0. The van der Waals surface area contributed by atoms with E-state index in [2.05, 4.69) is 65.1 Å². The van der Waals surface area contributed by atoms with Gasteiger partial charge in [0.1, 0.15) is 0 Å². The van der Waals surface area contributed by atoms with Crippen LogP contribution in [0.3, 0.4) is 0 Å². The van der Waals surface area contributed by atoms with Crippen LogP contribution in [0, 0.1) is 0 Å². The number of likely N-dealkylation sites (N-methyl/N-ethyl adjacent to an activating group) is 1. The molecule has 1 N–H and O–H groups in total. The Balaban J connectivity index is 0.00000306. The van der Waals surface area contributed by atoms with E-state index >= 15 is 0 Å². The molecule has 6 heteroatoms. The second kappa shape index (κ2) is 11.4. The first-order chi connectivity index (χ1) is 15.5. The number of anilines is 1. The average Bonchev–Trinajstić information content (AvgIpc) is 2.84. The lowest BCUT2D eigenvalue weighted by atomic mass is 9.98. The van der Waals surface area contributed by atoms with Gasteiger partial charge in [-0.25, -0.2) is 0 Å². The van der Waals surface area contributed by atoms with E-state index in [1.807, 2.05) is 36.4 Å². The predicted octanol–water partition coefficient (Wildman–Crippen LogP) is 5.51. The van der Waals surface area contributed by atoms with Gasteiger partial charge in [-0.15, -0.1) is 12.4 Å². The molecule has 172 valence electrons. The van der Waals surface area contributed by atoms with Gasteiger partial charge in [-0.05, 0) is 41.9 Å². The molecule has 1 amide bonds. The van der Waals surface area contributed by atoms with Crippen LogP contribution in [0.15, 0.2) is 79.4 Å². The van der Waals surface area contributed by atoms with Crippen molar-refractivity contribution in [2.24, 2.45) is 0 Å². The molecule has 0 spiro atoms. The van der Waals surface area contributed by atoms with Crippen LogP contribution in [-0.4, -0.2) is 44.0 Å². The highest BCUT2D eigenvalue weighted by molar-refractivity contribution is 6.30. The summed E-state index contributed by atoms with van der Waals surface area (Å²) < 4.78 is 0. The highest BCUT2D eigenvalue weighted by atomic mass is 35.5. The second-order valence-corrected chi connectivity index (χ2v) is 8.61. The zero-order valence-corrected chi connectivity index (χ0v) is 20.3. The van der Waals surface area contributed by atoms with Crippen molar-refractivity contribution in [2.75, 3.05) is 38.1 Å². The van der Waals surface area contributed by atoms with Gasteiger partial charge in [0.15, 0.2) is 0 Å². The van der Waals surface area contributed by atoms with Gasteiger partial charge in [0.2, 0.25) is 0 Å². The minimum atomic E-state index is -0.175. The van der Waals surface area contributed by atoms with Crippen molar-refractivity contribution in [2.45, 2.75) is 6.54 Å². The van der Waals surface area contributed by atoms with Crippen LogP contribution in [0.5, 0.6) is 0 Å². The number of hydrogen-bond acceptors (Lipinski definition) is 3. The number of hydrogen-bond donors (Lipinski definition) is 1. The second-order valence-electron chi connectivity index (χ2n) is 8.17. The third kappa shape index (κ3) is 6.17. The Hall–Kier alpha value is -2.79. The van der Waals surface area contributed by atoms with Crippen LogP contribution in [0.4, 0.5) is 5.69 Å². The first-order valence-corrected chi connectivity index (χ1v) is 11.2. The fraction of sp³-hybridized carbons (Fsp3) is 0.222. The molecule has 0 bridgehead atoms. The fourth-order valence-electron chi connectivity index (χ4n) is 3.91. The lowest BCUT2D eigenvalue weighted by Crippen LogP contribution is -2.44. The van der Waals surface area contributed by atoms with Crippen LogP contribution in [-0.2, 0) is 11.3 Å². The minimum absolute atomic E-state index is 0. The smallest absolute Gasteiger partial charge is 0.251 e. The number of benzene rings is 3. The molecule has 4 rings (SSSR count). The maximum absolute atomic E-state index is 12.6. The molecule has 1 aliphatic heterocycles. The SMILES string of the molecule is C=C(C(=O)NCc1ccc(Cl)cc1)c1ccc(-c2ccccc2N2CCN(C)CC2)cc1.Cl. The molecular formula is C27H29Cl2N3O. The van der Waals surface area contributed by atoms with E-state index in [9.17, 15) is 4.79 Å². The number of halogens is 2. The summed E-state index contributed by atoms with van der Waals surface area (Å²) in [5, 5.41) is 3.61. The molecule has 0 aromatic heterocycles. The van der Waals surface area contributed by atoms with Gasteiger partial charge in [0.05, 0.1) is 0 Å². The molecule has 1 fully saturated rings. The molecule has 0 radical (unpaired) electrons. The van der Waals surface area contributed by atoms with Gasteiger partial charge < -0.3 is 15.1 Å². The largest absolute Gasteiger partial charge is 0.368 e. The minimum Gasteiger partial charge on any atom is -0.368 e. The van der Waals surface area contributed by atoms with Gasteiger partial charge >= 0.3 is 0 Å². The van der Waals surface area contributed by atoms with Crippen molar-refractivity contribution in [1.29, 1.82) is 0 Å². The van der Waals surface area contributed by atoms with Crippen LogP contribution < -0.4 is 10.2 Å². The number of amides is 1. The van der Waals surface area contributed by atoms with E-state index in [-0.39, 0.29) is 18.3 Å². The van der Waals surface area contributed by atoms with E-state index in [0.29, 0.717) is 17.1 Å². The van der Waals surface area contributed by atoms with Crippen molar-refractivity contribution in [1.82, 2.24) is 10.2 Å². The lowest BCUT2D eigenvalue weighted by molar-refractivity contribution is -0.115. The number of carbonyl (C=O) groups excluding carboxylic acids is 1. The van der Waals surface area contributed by atoms with Crippen molar-refractivity contribution < 1.29 is 4.79 Å². The standard InChI is InChI=1S/C27H28ClN3O.ClH/c1-20(27(32)29-19-21-7-13-24(28)14-8-21)22-9-11-23(12-10-22)25-5-3-4-6-26(25)31-17-15-30(2)16-18-31;/h3-14H,1,15-19H2,2H3,(H,29,32);1H. The zero-order chi connectivity index (χ0) is 22.5. The molecule has 0 unspecified atom stereocenters. The van der Waals surface area contributed by atoms with Crippen LogP contribution in [0.2, 0.25) is 5.02 Å². The van der Waals surface area contributed by atoms with Gasteiger partial charge in [0.25, 0.3) is 5.91 Å². The number of carbonyl (C=O) groups is 1. The Labute approximate surface area is 207 Å². The van der Waals surface area contributed by atoms with Crippen molar-refractivity contribution >= 4 is 41.2 Å². The number of piperazine rings is 1. The molecule has 0 aliphatic carbocycles. The molecule has 1 heterocycles. The Kier molecular flexibility index (Phi) is 8.56. The molecular weight excluding hydrogens is 453 g/mol. The highest BCUT2D eigenvalue weighted by Crippen LogP contribution is 2.32. The monoisotopic (exact) mass is 481 g/mol. The molecule has 0 saturated carbocycles.